The van der Waals surface area contributed by atoms with E-state index in [1.165, 1.54) is 31.2 Å². The fourth-order valence-corrected chi connectivity index (χ4v) is 4.96. The third kappa shape index (κ3) is 7.35. The number of ether oxygens (including phenoxy) is 4. The number of benzene rings is 2. The molecule has 39 heavy (non-hydrogen) atoms. The van der Waals surface area contributed by atoms with Crippen LogP contribution in [0.15, 0.2) is 60.7 Å². The van der Waals surface area contributed by atoms with Crippen LogP contribution < -0.4 is 5.32 Å². The second-order valence-electron chi connectivity index (χ2n) is 8.79. The van der Waals surface area contributed by atoms with E-state index in [0.29, 0.717) is 0 Å². The number of thioether (sulfide) groups is 1. The maximum absolute atomic E-state index is 12.9. The lowest BCUT2D eigenvalue weighted by Gasteiger charge is -2.47. The molecule has 0 aromatic heterocycles. The Morgan fingerprint density at radius 2 is 1.59 bits per heavy atom. The number of hydrogen-bond acceptors (Lipinski definition) is 11. The van der Waals surface area contributed by atoms with Crippen molar-refractivity contribution in [3.63, 3.8) is 0 Å². The minimum Gasteiger partial charge on any atom is -0.466 e. The lowest BCUT2D eigenvalue weighted by atomic mass is 9.89. The van der Waals surface area contributed by atoms with Crippen LogP contribution in [0.3, 0.4) is 0 Å². The van der Waals surface area contributed by atoms with Gasteiger partial charge in [0.1, 0.15) is 31.0 Å². The van der Waals surface area contributed by atoms with Gasteiger partial charge in [0.2, 0.25) is 10.8 Å². The van der Waals surface area contributed by atoms with Crippen LogP contribution in [0.4, 0.5) is 0 Å². The third-order valence-electron chi connectivity index (χ3n) is 6.14. The van der Waals surface area contributed by atoms with Gasteiger partial charge >= 0.3 is 17.9 Å². The molecular weight excluding hydrogens is 530 g/mol. The van der Waals surface area contributed by atoms with Gasteiger partial charge in [-0.25, -0.2) is 14.4 Å². The summed E-state index contributed by atoms with van der Waals surface area (Å²) in [5, 5.41) is 24.5. The van der Waals surface area contributed by atoms with Crippen molar-refractivity contribution < 1.29 is 48.3 Å². The normalized spacial score (nSPS) is 24.1. The Morgan fingerprint density at radius 1 is 1.03 bits per heavy atom. The van der Waals surface area contributed by atoms with E-state index in [1.54, 1.807) is 42.7 Å². The van der Waals surface area contributed by atoms with Crippen LogP contribution in [0.25, 0.3) is 0 Å². The highest BCUT2D eigenvalue weighted by molar-refractivity contribution is 8.00. The van der Waals surface area contributed by atoms with Gasteiger partial charge in [-0.1, -0.05) is 36.4 Å². The fraction of sp³-hybridized carbons (Fsp3) is 0.407. The number of esters is 3. The first-order valence-corrected chi connectivity index (χ1v) is 13.3. The summed E-state index contributed by atoms with van der Waals surface area (Å²) in [5.74, 6) is -2.82. The van der Waals surface area contributed by atoms with Crippen molar-refractivity contribution in [3.05, 3.63) is 71.8 Å². The molecule has 1 fully saturated rings. The van der Waals surface area contributed by atoms with Crippen LogP contribution in [0, 0.1) is 0 Å². The lowest BCUT2D eigenvalue weighted by Crippen LogP contribution is -2.67. The quantitative estimate of drug-likeness (QED) is 0.284. The standard InChI is InChI=1S/C27H31NO10S/c1-16(29)28-21-20(37-25(33)18-12-8-5-9-13-18)14-27(39-3,26(34)35-2)38-23(21)22(31)19(30)15-36-24(32)17-10-6-4-7-11-17/h4-13,19-23,30-31H,14-15H2,1-3H3,(H,28,29)/t19-,20+,21-,22-,23-,27+/m1/s1. The first-order valence-electron chi connectivity index (χ1n) is 12.0. The Labute approximate surface area is 229 Å². The molecule has 11 nitrogen and oxygen atoms in total. The highest BCUT2D eigenvalue weighted by atomic mass is 32.2. The minimum absolute atomic E-state index is 0.225. The topological polar surface area (TPSA) is 158 Å². The van der Waals surface area contributed by atoms with Crippen LogP contribution in [0.1, 0.15) is 34.1 Å². The summed E-state index contributed by atoms with van der Waals surface area (Å²) in [6, 6.07) is 14.9. The van der Waals surface area contributed by atoms with Gasteiger partial charge in [0.25, 0.3) is 0 Å². The second kappa shape index (κ2) is 13.6. The summed E-state index contributed by atoms with van der Waals surface area (Å²) < 4.78 is 21.8. The summed E-state index contributed by atoms with van der Waals surface area (Å²) in [5.41, 5.74) is 0.465. The molecule has 6 atom stereocenters. The van der Waals surface area contributed by atoms with Crippen molar-refractivity contribution in [1.29, 1.82) is 0 Å². The molecule has 1 aliphatic heterocycles. The number of hydrogen-bond donors (Lipinski definition) is 3. The number of methoxy groups -OCH3 is 1. The SMILES string of the molecule is COC(=O)[C@@]1(SC)C[C@H](OC(=O)c2ccccc2)[C@@H](NC(C)=O)[C@H]([C@H](O)[C@H](O)COC(=O)c2ccccc2)O1. The van der Waals surface area contributed by atoms with Crippen molar-refractivity contribution in [3.8, 4) is 0 Å². The van der Waals surface area contributed by atoms with Crippen LogP contribution in [0.2, 0.25) is 0 Å². The molecule has 1 amide bonds. The average Bonchev–Trinajstić information content (AvgIpc) is 2.96. The zero-order chi connectivity index (χ0) is 28.6. The van der Waals surface area contributed by atoms with Crippen molar-refractivity contribution in [1.82, 2.24) is 5.32 Å². The molecule has 0 bridgehead atoms. The van der Waals surface area contributed by atoms with Crippen molar-refractivity contribution >= 4 is 35.6 Å². The zero-order valence-electron chi connectivity index (χ0n) is 21.6. The molecule has 3 N–H and O–H groups in total. The summed E-state index contributed by atoms with van der Waals surface area (Å²) in [7, 11) is 1.15. The maximum Gasteiger partial charge on any atom is 0.348 e. The van der Waals surface area contributed by atoms with Gasteiger partial charge in [-0.3, -0.25) is 4.79 Å². The Hall–Kier alpha value is -3.45. The number of aliphatic hydroxyl groups is 2. The monoisotopic (exact) mass is 561 g/mol. The Kier molecular flexibility index (Phi) is 10.5. The molecule has 0 unspecified atom stereocenters. The predicted molar refractivity (Wildman–Crippen MR) is 140 cm³/mol. The van der Waals surface area contributed by atoms with Gasteiger partial charge in [0.15, 0.2) is 0 Å². The molecule has 1 saturated heterocycles. The lowest BCUT2D eigenvalue weighted by molar-refractivity contribution is -0.207. The average molecular weight is 562 g/mol. The molecule has 0 radical (unpaired) electrons. The van der Waals surface area contributed by atoms with E-state index in [9.17, 15) is 29.4 Å². The van der Waals surface area contributed by atoms with Gasteiger partial charge in [0.05, 0.1) is 24.3 Å². The molecule has 0 spiro atoms. The van der Waals surface area contributed by atoms with E-state index in [1.807, 2.05) is 0 Å². The fourth-order valence-electron chi connectivity index (χ4n) is 4.17. The van der Waals surface area contributed by atoms with Gasteiger partial charge in [-0.15, -0.1) is 11.8 Å². The Morgan fingerprint density at radius 3 is 2.10 bits per heavy atom. The largest absolute Gasteiger partial charge is 0.466 e. The van der Waals surface area contributed by atoms with Gasteiger partial charge in [0, 0.05) is 13.3 Å². The number of amides is 1. The second-order valence-corrected chi connectivity index (χ2v) is 9.86. The van der Waals surface area contributed by atoms with Gasteiger partial charge in [-0.2, -0.15) is 0 Å². The van der Waals surface area contributed by atoms with Gasteiger partial charge < -0.3 is 34.5 Å². The number of rotatable bonds is 10. The smallest absolute Gasteiger partial charge is 0.348 e. The van der Waals surface area contributed by atoms with E-state index < -0.39 is 65.8 Å². The van der Waals surface area contributed by atoms with Crippen LogP contribution in [-0.2, 0) is 28.5 Å². The molecule has 210 valence electrons. The third-order valence-corrected chi connectivity index (χ3v) is 7.23. The number of carbonyl (C=O) groups excluding carboxylic acids is 4. The Bertz CT molecular complexity index is 1150. The predicted octanol–water partition coefficient (Wildman–Crippen LogP) is 1.32. The zero-order valence-corrected chi connectivity index (χ0v) is 22.5. The Balaban J connectivity index is 1.89. The maximum atomic E-state index is 12.9. The van der Waals surface area contributed by atoms with E-state index >= 15 is 0 Å². The van der Waals surface area contributed by atoms with E-state index in [2.05, 4.69) is 5.32 Å². The molecule has 2 aromatic carbocycles. The molecule has 2 aromatic rings. The number of aliphatic hydroxyl groups excluding tert-OH is 2. The highest BCUT2D eigenvalue weighted by Crippen LogP contribution is 2.41. The molecule has 12 heteroatoms. The van der Waals surface area contributed by atoms with Crippen molar-refractivity contribution in [2.24, 2.45) is 0 Å². The molecule has 0 aliphatic carbocycles. The van der Waals surface area contributed by atoms with Crippen molar-refractivity contribution in [2.75, 3.05) is 20.0 Å². The van der Waals surface area contributed by atoms with Crippen molar-refractivity contribution in [2.45, 2.75) is 48.7 Å². The molecule has 3 rings (SSSR count). The summed E-state index contributed by atoms with van der Waals surface area (Å²) in [6.45, 7) is 0.592. The first-order chi connectivity index (χ1) is 18.6. The molecular formula is C27H31NO10S. The van der Waals surface area contributed by atoms with E-state index in [-0.39, 0.29) is 17.5 Å². The van der Waals surface area contributed by atoms with Crippen LogP contribution in [0.5, 0.6) is 0 Å². The summed E-state index contributed by atoms with van der Waals surface area (Å²) in [6.07, 6.45) is -4.81. The number of carbonyl (C=O) groups is 4. The molecule has 1 aliphatic rings. The summed E-state index contributed by atoms with van der Waals surface area (Å²) >= 11 is 0.943. The minimum atomic E-state index is -1.79. The first kappa shape index (κ1) is 30.1. The molecule has 1 heterocycles. The highest BCUT2D eigenvalue weighted by Gasteiger charge is 2.56. The number of nitrogens with one attached hydrogen (secondary N) is 1. The van der Waals surface area contributed by atoms with Crippen LogP contribution >= 0.6 is 11.8 Å². The van der Waals surface area contributed by atoms with Crippen LogP contribution in [-0.4, -0.2) is 89.4 Å². The van der Waals surface area contributed by atoms with E-state index in [0.717, 1.165) is 18.9 Å². The molecule has 0 saturated carbocycles. The summed E-state index contributed by atoms with van der Waals surface area (Å²) in [4.78, 5) is 48.5. The van der Waals surface area contributed by atoms with Gasteiger partial charge in [-0.05, 0) is 30.5 Å². The van der Waals surface area contributed by atoms with E-state index in [4.69, 9.17) is 18.9 Å².